The van der Waals surface area contributed by atoms with Gasteiger partial charge in [-0.1, -0.05) is 12.1 Å². The Morgan fingerprint density at radius 3 is 2.75 bits per heavy atom. The molecule has 0 aliphatic heterocycles. The van der Waals surface area contributed by atoms with Crippen molar-refractivity contribution in [3.05, 3.63) is 58.9 Å². The number of phenols is 1. The van der Waals surface area contributed by atoms with Crippen molar-refractivity contribution in [2.24, 2.45) is 0 Å². The van der Waals surface area contributed by atoms with Gasteiger partial charge in [0.1, 0.15) is 11.6 Å². The Labute approximate surface area is 113 Å². The van der Waals surface area contributed by atoms with Crippen molar-refractivity contribution in [1.29, 1.82) is 0 Å². The standard InChI is InChI=1S/C15H12F3NO/c16-8-6-11(17)15(18)13(7-8)19-12-5-4-10-9(12)2-1-3-14(10)20/h1-3,6-7,12,19-20H,4-5H2. The van der Waals surface area contributed by atoms with Crippen molar-refractivity contribution in [2.45, 2.75) is 18.9 Å². The third kappa shape index (κ3) is 2.09. The van der Waals surface area contributed by atoms with E-state index in [1.54, 1.807) is 12.1 Å². The number of halogens is 3. The first-order chi connectivity index (χ1) is 9.56. The Morgan fingerprint density at radius 2 is 1.95 bits per heavy atom. The summed E-state index contributed by atoms with van der Waals surface area (Å²) in [6, 6.07) is 6.26. The summed E-state index contributed by atoms with van der Waals surface area (Å²) in [7, 11) is 0. The summed E-state index contributed by atoms with van der Waals surface area (Å²) in [6.07, 6.45) is 1.27. The number of nitrogens with one attached hydrogen (secondary N) is 1. The lowest BCUT2D eigenvalue weighted by Gasteiger charge is -2.16. The Balaban J connectivity index is 1.94. The first-order valence-electron chi connectivity index (χ1n) is 6.28. The first-order valence-corrected chi connectivity index (χ1v) is 6.28. The van der Waals surface area contributed by atoms with Crippen LogP contribution in [-0.2, 0) is 6.42 Å². The Bertz CT molecular complexity index is 672. The number of fused-ring (bicyclic) bond motifs is 1. The smallest absolute Gasteiger partial charge is 0.182 e. The molecule has 0 radical (unpaired) electrons. The molecule has 0 aromatic heterocycles. The number of aromatic hydroxyl groups is 1. The second-order valence-electron chi connectivity index (χ2n) is 4.83. The van der Waals surface area contributed by atoms with Crippen LogP contribution in [0.25, 0.3) is 0 Å². The van der Waals surface area contributed by atoms with Gasteiger partial charge in [0.25, 0.3) is 0 Å². The van der Waals surface area contributed by atoms with Gasteiger partial charge in [-0.2, -0.15) is 0 Å². The molecule has 3 rings (SSSR count). The van der Waals surface area contributed by atoms with Crippen LogP contribution >= 0.6 is 0 Å². The van der Waals surface area contributed by atoms with Crippen LogP contribution in [-0.4, -0.2) is 5.11 Å². The number of anilines is 1. The van der Waals surface area contributed by atoms with E-state index in [9.17, 15) is 18.3 Å². The van der Waals surface area contributed by atoms with Gasteiger partial charge >= 0.3 is 0 Å². The number of hydrogen-bond acceptors (Lipinski definition) is 2. The van der Waals surface area contributed by atoms with Crippen molar-refractivity contribution in [3.63, 3.8) is 0 Å². The van der Waals surface area contributed by atoms with Gasteiger partial charge in [-0.05, 0) is 30.0 Å². The van der Waals surface area contributed by atoms with Gasteiger partial charge in [0.15, 0.2) is 11.6 Å². The molecule has 2 aromatic rings. The van der Waals surface area contributed by atoms with Gasteiger partial charge in [0.2, 0.25) is 0 Å². The molecule has 20 heavy (non-hydrogen) atoms. The average Bonchev–Trinajstić information content (AvgIpc) is 2.80. The van der Waals surface area contributed by atoms with Gasteiger partial charge in [-0.15, -0.1) is 0 Å². The quantitative estimate of drug-likeness (QED) is 0.817. The highest BCUT2D eigenvalue weighted by molar-refractivity contribution is 5.52. The highest BCUT2D eigenvalue weighted by Gasteiger charge is 2.25. The molecule has 2 N–H and O–H groups in total. The maximum absolute atomic E-state index is 13.6. The van der Waals surface area contributed by atoms with Crippen LogP contribution in [0.3, 0.4) is 0 Å². The Kier molecular flexibility index (Phi) is 3.04. The van der Waals surface area contributed by atoms with E-state index >= 15 is 0 Å². The molecule has 0 heterocycles. The van der Waals surface area contributed by atoms with Crippen LogP contribution in [0.15, 0.2) is 30.3 Å². The maximum atomic E-state index is 13.6. The van der Waals surface area contributed by atoms with Gasteiger partial charge in [0.05, 0.1) is 11.7 Å². The molecule has 1 aliphatic rings. The van der Waals surface area contributed by atoms with Gasteiger partial charge in [-0.3, -0.25) is 0 Å². The van der Waals surface area contributed by atoms with E-state index in [-0.39, 0.29) is 17.5 Å². The van der Waals surface area contributed by atoms with E-state index in [2.05, 4.69) is 5.32 Å². The van der Waals surface area contributed by atoms with Crippen molar-refractivity contribution in [1.82, 2.24) is 0 Å². The lowest BCUT2D eigenvalue weighted by Crippen LogP contribution is -2.09. The predicted octanol–water partition coefficient (Wildman–Crippen LogP) is 3.91. The van der Waals surface area contributed by atoms with Crippen LogP contribution in [0.5, 0.6) is 5.75 Å². The molecule has 1 atom stereocenters. The van der Waals surface area contributed by atoms with Crippen molar-refractivity contribution < 1.29 is 18.3 Å². The van der Waals surface area contributed by atoms with Crippen LogP contribution in [0, 0.1) is 17.5 Å². The number of phenolic OH excluding ortho intramolecular Hbond substituents is 1. The highest BCUT2D eigenvalue weighted by Crippen LogP contribution is 2.38. The maximum Gasteiger partial charge on any atom is 0.182 e. The van der Waals surface area contributed by atoms with E-state index in [1.165, 1.54) is 0 Å². The summed E-state index contributed by atoms with van der Waals surface area (Å²) < 4.78 is 40.0. The predicted molar refractivity (Wildman–Crippen MR) is 69.1 cm³/mol. The summed E-state index contributed by atoms with van der Waals surface area (Å²) in [6.45, 7) is 0. The Hall–Kier alpha value is -2.17. The second kappa shape index (κ2) is 4.74. The molecule has 0 saturated carbocycles. The topological polar surface area (TPSA) is 32.3 Å². The van der Waals surface area contributed by atoms with Crippen molar-refractivity contribution in [3.8, 4) is 5.75 Å². The zero-order valence-electron chi connectivity index (χ0n) is 10.5. The second-order valence-corrected chi connectivity index (χ2v) is 4.83. The number of benzene rings is 2. The SMILES string of the molecule is Oc1cccc2c1CCC2Nc1cc(F)cc(F)c1F. The monoisotopic (exact) mass is 279 g/mol. The summed E-state index contributed by atoms with van der Waals surface area (Å²) in [5.41, 5.74) is 1.42. The fourth-order valence-corrected chi connectivity index (χ4v) is 2.63. The van der Waals surface area contributed by atoms with E-state index in [0.717, 1.165) is 17.2 Å². The molecular formula is C15H12F3NO. The van der Waals surface area contributed by atoms with Crippen LogP contribution < -0.4 is 5.32 Å². The lowest BCUT2D eigenvalue weighted by molar-refractivity contribution is 0.469. The minimum absolute atomic E-state index is 0.192. The normalized spacial score (nSPS) is 17.1. The molecule has 0 fully saturated rings. The summed E-state index contributed by atoms with van der Waals surface area (Å²) in [4.78, 5) is 0. The molecular weight excluding hydrogens is 267 g/mol. The fourth-order valence-electron chi connectivity index (χ4n) is 2.63. The van der Waals surface area contributed by atoms with E-state index in [4.69, 9.17) is 0 Å². The van der Waals surface area contributed by atoms with Gasteiger partial charge in [0, 0.05) is 12.1 Å². The number of rotatable bonds is 2. The zero-order chi connectivity index (χ0) is 14.3. The third-order valence-corrected chi connectivity index (χ3v) is 3.57. The van der Waals surface area contributed by atoms with E-state index in [1.807, 2.05) is 6.07 Å². The minimum Gasteiger partial charge on any atom is -0.508 e. The molecule has 1 unspecified atom stereocenters. The van der Waals surface area contributed by atoms with Gasteiger partial charge in [-0.25, -0.2) is 13.2 Å². The molecule has 2 nitrogen and oxygen atoms in total. The molecule has 2 aromatic carbocycles. The summed E-state index contributed by atoms with van der Waals surface area (Å²) in [5, 5.41) is 12.5. The molecule has 104 valence electrons. The van der Waals surface area contributed by atoms with Crippen LogP contribution in [0.4, 0.5) is 18.9 Å². The lowest BCUT2D eigenvalue weighted by atomic mass is 10.1. The molecule has 0 saturated heterocycles. The highest BCUT2D eigenvalue weighted by atomic mass is 19.2. The van der Waals surface area contributed by atoms with Crippen LogP contribution in [0.2, 0.25) is 0 Å². The largest absolute Gasteiger partial charge is 0.508 e. The summed E-state index contributed by atoms with van der Waals surface area (Å²) in [5.74, 6) is -2.96. The van der Waals surface area contributed by atoms with Crippen molar-refractivity contribution in [2.75, 3.05) is 5.32 Å². The molecule has 0 amide bonds. The third-order valence-electron chi connectivity index (χ3n) is 3.57. The minimum atomic E-state index is -1.22. The molecule has 5 heteroatoms. The van der Waals surface area contributed by atoms with Crippen molar-refractivity contribution >= 4 is 5.69 Å². The van der Waals surface area contributed by atoms with Crippen LogP contribution in [0.1, 0.15) is 23.6 Å². The average molecular weight is 279 g/mol. The summed E-state index contributed by atoms with van der Waals surface area (Å²) >= 11 is 0. The molecule has 0 bridgehead atoms. The number of hydrogen-bond donors (Lipinski definition) is 2. The fraction of sp³-hybridized carbons (Fsp3) is 0.200. The van der Waals surface area contributed by atoms with E-state index < -0.39 is 17.5 Å². The molecule has 1 aliphatic carbocycles. The van der Waals surface area contributed by atoms with Gasteiger partial charge < -0.3 is 10.4 Å². The molecule has 0 spiro atoms. The van der Waals surface area contributed by atoms with E-state index in [0.29, 0.717) is 18.9 Å². The zero-order valence-corrected chi connectivity index (χ0v) is 10.5. The Morgan fingerprint density at radius 1 is 1.15 bits per heavy atom. The first kappa shape index (κ1) is 12.8.